The Morgan fingerprint density at radius 3 is 2.59 bits per heavy atom. The van der Waals surface area contributed by atoms with Gasteiger partial charge in [0.1, 0.15) is 17.4 Å². The highest BCUT2D eigenvalue weighted by molar-refractivity contribution is 5.46. The highest BCUT2D eigenvalue weighted by Gasteiger charge is 2.27. The number of aryl methyl sites for hydroxylation is 2. The van der Waals surface area contributed by atoms with E-state index in [1.165, 1.54) is 6.07 Å². The Bertz CT molecular complexity index is 449. The molecule has 0 saturated heterocycles. The van der Waals surface area contributed by atoms with Crippen LogP contribution in [0.2, 0.25) is 0 Å². The maximum absolute atomic E-state index is 11.9. The standard InChI is InChI=1S/C11H11F3N2O/c1-7-5-10(9(6-15)8(2)16-7)17-4-3-11(12,13)14/h5H,3-4H2,1-2H3. The molecule has 0 amide bonds. The summed E-state index contributed by atoms with van der Waals surface area (Å²) in [7, 11) is 0. The Morgan fingerprint density at radius 2 is 2.06 bits per heavy atom. The van der Waals surface area contributed by atoms with Crippen molar-refractivity contribution in [3.63, 3.8) is 0 Å². The molecule has 0 aliphatic carbocycles. The fourth-order valence-corrected chi connectivity index (χ4v) is 1.32. The van der Waals surface area contributed by atoms with Crippen molar-refractivity contribution in [2.24, 2.45) is 0 Å². The Hall–Kier alpha value is -1.77. The van der Waals surface area contributed by atoms with Crippen molar-refractivity contribution in [2.75, 3.05) is 6.61 Å². The predicted octanol–water partition coefficient (Wildman–Crippen LogP) is 2.90. The first-order chi connectivity index (χ1) is 7.83. The van der Waals surface area contributed by atoms with Gasteiger partial charge in [-0.15, -0.1) is 0 Å². The molecular weight excluding hydrogens is 233 g/mol. The normalized spacial score (nSPS) is 11.1. The first-order valence-corrected chi connectivity index (χ1v) is 4.91. The van der Waals surface area contributed by atoms with E-state index in [1.807, 2.05) is 6.07 Å². The molecular formula is C11H11F3N2O. The largest absolute Gasteiger partial charge is 0.492 e. The molecule has 0 aliphatic rings. The summed E-state index contributed by atoms with van der Waals surface area (Å²) < 4.78 is 40.8. The molecule has 0 radical (unpaired) electrons. The first kappa shape index (κ1) is 13.3. The zero-order valence-electron chi connectivity index (χ0n) is 9.43. The van der Waals surface area contributed by atoms with Crippen LogP contribution in [0.3, 0.4) is 0 Å². The minimum atomic E-state index is -4.26. The Morgan fingerprint density at radius 1 is 1.41 bits per heavy atom. The fourth-order valence-electron chi connectivity index (χ4n) is 1.32. The van der Waals surface area contributed by atoms with Gasteiger partial charge in [-0.25, -0.2) is 0 Å². The van der Waals surface area contributed by atoms with Gasteiger partial charge in [-0.05, 0) is 13.8 Å². The molecule has 0 unspecified atom stereocenters. The molecule has 3 nitrogen and oxygen atoms in total. The molecule has 6 heteroatoms. The third-order valence-corrected chi connectivity index (χ3v) is 2.05. The molecule has 0 aromatic carbocycles. The van der Waals surface area contributed by atoms with E-state index in [1.54, 1.807) is 13.8 Å². The Labute approximate surface area is 96.8 Å². The van der Waals surface area contributed by atoms with Crippen LogP contribution in [0.5, 0.6) is 5.75 Å². The van der Waals surface area contributed by atoms with Gasteiger partial charge in [-0.3, -0.25) is 4.98 Å². The Balaban J connectivity index is 2.81. The van der Waals surface area contributed by atoms with E-state index in [2.05, 4.69) is 4.98 Å². The van der Waals surface area contributed by atoms with Gasteiger partial charge in [0.25, 0.3) is 0 Å². The molecule has 92 valence electrons. The van der Waals surface area contributed by atoms with Crippen LogP contribution >= 0.6 is 0 Å². The lowest BCUT2D eigenvalue weighted by Crippen LogP contribution is -2.13. The quantitative estimate of drug-likeness (QED) is 0.821. The average molecular weight is 244 g/mol. The lowest BCUT2D eigenvalue weighted by molar-refractivity contribution is -0.139. The van der Waals surface area contributed by atoms with Crippen molar-refractivity contribution in [1.29, 1.82) is 5.26 Å². The van der Waals surface area contributed by atoms with Crippen LogP contribution in [0.1, 0.15) is 23.4 Å². The number of ether oxygens (including phenoxy) is 1. The van der Waals surface area contributed by atoms with Crippen LogP contribution in [-0.2, 0) is 0 Å². The molecule has 1 rings (SSSR count). The number of rotatable bonds is 3. The van der Waals surface area contributed by atoms with Gasteiger partial charge in [0, 0.05) is 11.8 Å². The molecule has 0 spiro atoms. The maximum atomic E-state index is 11.9. The Kier molecular flexibility index (Phi) is 3.94. The van der Waals surface area contributed by atoms with E-state index in [9.17, 15) is 13.2 Å². The van der Waals surface area contributed by atoms with Gasteiger partial charge in [0.15, 0.2) is 0 Å². The fraction of sp³-hybridized carbons (Fsp3) is 0.455. The SMILES string of the molecule is Cc1cc(OCCC(F)(F)F)c(C#N)c(C)n1. The number of nitrogens with zero attached hydrogens (tertiary/aromatic N) is 2. The number of halogens is 3. The van der Waals surface area contributed by atoms with Gasteiger partial charge in [0.2, 0.25) is 0 Å². The van der Waals surface area contributed by atoms with Crippen molar-refractivity contribution in [3.05, 3.63) is 23.0 Å². The van der Waals surface area contributed by atoms with Crippen molar-refractivity contribution in [3.8, 4) is 11.8 Å². The number of aromatic nitrogens is 1. The van der Waals surface area contributed by atoms with Crippen LogP contribution in [-0.4, -0.2) is 17.8 Å². The third-order valence-electron chi connectivity index (χ3n) is 2.05. The molecule has 0 saturated carbocycles. The summed E-state index contributed by atoms with van der Waals surface area (Å²) in [5, 5.41) is 8.86. The second kappa shape index (κ2) is 5.04. The van der Waals surface area contributed by atoms with Crippen LogP contribution in [0, 0.1) is 25.2 Å². The van der Waals surface area contributed by atoms with Gasteiger partial charge >= 0.3 is 6.18 Å². The van der Waals surface area contributed by atoms with Crippen molar-refractivity contribution in [2.45, 2.75) is 26.4 Å². The summed E-state index contributed by atoms with van der Waals surface area (Å²) in [4.78, 5) is 4.04. The highest BCUT2D eigenvalue weighted by atomic mass is 19.4. The number of pyridine rings is 1. The lowest BCUT2D eigenvalue weighted by Gasteiger charge is -2.11. The van der Waals surface area contributed by atoms with Crippen molar-refractivity contribution >= 4 is 0 Å². The third kappa shape index (κ3) is 3.94. The summed E-state index contributed by atoms with van der Waals surface area (Å²) in [5.74, 6) is 0.154. The zero-order valence-corrected chi connectivity index (χ0v) is 9.43. The summed E-state index contributed by atoms with van der Waals surface area (Å²) in [6, 6.07) is 3.33. The maximum Gasteiger partial charge on any atom is 0.392 e. The predicted molar refractivity (Wildman–Crippen MR) is 54.6 cm³/mol. The molecule has 1 aromatic rings. The first-order valence-electron chi connectivity index (χ1n) is 4.91. The highest BCUT2D eigenvalue weighted by Crippen LogP contribution is 2.24. The molecule has 0 bridgehead atoms. The minimum absolute atomic E-state index is 0.154. The molecule has 0 aliphatic heterocycles. The van der Waals surface area contributed by atoms with E-state index in [4.69, 9.17) is 10.00 Å². The summed E-state index contributed by atoms with van der Waals surface area (Å²) >= 11 is 0. The second-order valence-electron chi connectivity index (χ2n) is 3.55. The van der Waals surface area contributed by atoms with E-state index in [0.29, 0.717) is 11.4 Å². The zero-order chi connectivity index (χ0) is 13.1. The lowest BCUT2D eigenvalue weighted by atomic mass is 10.2. The summed E-state index contributed by atoms with van der Waals surface area (Å²) in [5.41, 5.74) is 1.23. The number of alkyl halides is 3. The van der Waals surface area contributed by atoms with E-state index >= 15 is 0 Å². The van der Waals surface area contributed by atoms with Crippen LogP contribution < -0.4 is 4.74 Å². The van der Waals surface area contributed by atoms with Gasteiger partial charge < -0.3 is 4.74 Å². The minimum Gasteiger partial charge on any atom is -0.492 e. The molecule has 1 heterocycles. The molecule has 0 fully saturated rings. The van der Waals surface area contributed by atoms with Crippen LogP contribution in [0.25, 0.3) is 0 Å². The summed E-state index contributed by atoms with van der Waals surface area (Å²) in [6.07, 6.45) is -5.30. The van der Waals surface area contributed by atoms with E-state index in [0.717, 1.165) is 0 Å². The molecule has 0 atom stereocenters. The number of hydrogen-bond donors (Lipinski definition) is 0. The van der Waals surface area contributed by atoms with Crippen LogP contribution in [0.15, 0.2) is 6.07 Å². The van der Waals surface area contributed by atoms with Crippen molar-refractivity contribution in [1.82, 2.24) is 4.98 Å². The average Bonchev–Trinajstić information content (AvgIpc) is 2.14. The summed E-state index contributed by atoms with van der Waals surface area (Å²) in [6.45, 7) is 2.80. The second-order valence-corrected chi connectivity index (χ2v) is 3.55. The molecule has 1 aromatic heterocycles. The monoisotopic (exact) mass is 244 g/mol. The van der Waals surface area contributed by atoms with Gasteiger partial charge in [-0.1, -0.05) is 0 Å². The van der Waals surface area contributed by atoms with Gasteiger partial charge in [0.05, 0.1) is 18.7 Å². The van der Waals surface area contributed by atoms with Crippen LogP contribution in [0.4, 0.5) is 13.2 Å². The molecule has 17 heavy (non-hydrogen) atoms. The van der Waals surface area contributed by atoms with Crippen molar-refractivity contribution < 1.29 is 17.9 Å². The topological polar surface area (TPSA) is 45.9 Å². The number of nitriles is 1. The molecule has 0 N–H and O–H groups in total. The number of hydrogen-bond acceptors (Lipinski definition) is 3. The van der Waals surface area contributed by atoms with E-state index in [-0.39, 0.29) is 11.3 Å². The smallest absolute Gasteiger partial charge is 0.392 e. The van der Waals surface area contributed by atoms with Gasteiger partial charge in [-0.2, -0.15) is 18.4 Å². The van der Waals surface area contributed by atoms with E-state index < -0.39 is 19.2 Å².